The molecule has 0 unspecified atom stereocenters. The Bertz CT molecular complexity index is 1500. The highest BCUT2D eigenvalue weighted by molar-refractivity contribution is 6.06. The van der Waals surface area contributed by atoms with Gasteiger partial charge in [0.15, 0.2) is 5.58 Å². The molecule has 0 aromatic carbocycles. The van der Waals surface area contributed by atoms with Crippen LogP contribution in [0.1, 0.15) is 26.2 Å². The van der Waals surface area contributed by atoms with Crippen molar-refractivity contribution in [3.8, 4) is 22.4 Å². The minimum atomic E-state index is -0.305. The Morgan fingerprint density at radius 1 is 1.06 bits per heavy atom. The van der Waals surface area contributed by atoms with Crippen LogP contribution in [0.5, 0.6) is 0 Å². The van der Waals surface area contributed by atoms with Gasteiger partial charge in [-0.15, -0.1) is 0 Å². The van der Waals surface area contributed by atoms with Crippen LogP contribution < -0.4 is 11.0 Å². The fourth-order valence-electron chi connectivity index (χ4n) is 4.03. The maximum Gasteiger partial charge on any atom is 0.348 e. The maximum atomic E-state index is 13.2. The highest BCUT2D eigenvalue weighted by Crippen LogP contribution is 2.34. The summed E-state index contributed by atoms with van der Waals surface area (Å²) < 4.78 is 9.66. The molecule has 9 nitrogen and oxygen atoms in total. The highest BCUT2D eigenvalue weighted by atomic mass is 16.3. The van der Waals surface area contributed by atoms with Gasteiger partial charge in [0.2, 0.25) is 5.71 Å². The molecule has 0 fully saturated rings. The molecule has 0 atom stereocenters. The largest absolute Gasteiger partial charge is 0.434 e. The van der Waals surface area contributed by atoms with Crippen LogP contribution in [0, 0.1) is 0 Å². The van der Waals surface area contributed by atoms with Crippen LogP contribution in [-0.2, 0) is 13.6 Å². The van der Waals surface area contributed by atoms with E-state index in [2.05, 4.69) is 32.3 Å². The minimum absolute atomic E-state index is 0.305. The summed E-state index contributed by atoms with van der Waals surface area (Å²) in [5.74, 6) is 0.732. The number of aryl methyl sites for hydroxylation is 2. The number of nitrogens with one attached hydrogen (secondary N) is 1. The predicted molar refractivity (Wildman–Crippen MR) is 128 cm³/mol. The molecule has 168 valence electrons. The third-order valence-electron chi connectivity index (χ3n) is 5.76. The lowest BCUT2D eigenvalue weighted by Gasteiger charge is -2.09. The molecule has 0 bridgehead atoms. The van der Waals surface area contributed by atoms with Gasteiger partial charge in [0.05, 0.1) is 11.6 Å². The van der Waals surface area contributed by atoms with Crippen molar-refractivity contribution >= 4 is 28.0 Å². The lowest BCUT2D eigenvalue weighted by atomic mass is 10.1. The van der Waals surface area contributed by atoms with E-state index in [1.54, 1.807) is 34.9 Å². The molecular weight excluding hydrogens is 418 g/mol. The molecule has 0 saturated heterocycles. The van der Waals surface area contributed by atoms with Gasteiger partial charge < -0.3 is 9.73 Å². The van der Waals surface area contributed by atoms with Gasteiger partial charge in [0, 0.05) is 55.9 Å². The zero-order valence-electron chi connectivity index (χ0n) is 18.9. The van der Waals surface area contributed by atoms with Crippen molar-refractivity contribution in [3.05, 3.63) is 53.5 Å². The van der Waals surface area contributed by atoms with E-state index >= 15 is 0 Å². The second-order valence-electron chi connectivity index (χ2n) is 8.04. The smallest absolute Gasteiger partial charge is 0.348 e. The van der Waals surface area contributed by atoms with Crippen LogP contribution >= 0.6 is 0 Å². The van der Waals surface area contributed by atoms with E-state index in [1.165, 1.54) is 0 Å². The molecule has 5 heterocycles. The Hall–Kier alpha value is -4.01. The summed E-state index contributed by atoms with van der Waals surface area (Å²) in [4.78, 5) is 26.5. The summed E-state index contributed by atoms with van der Waals surface area (Å²) in [6.07, 6.45) is 10.1. The Kier molecular flexibility index (Phi) is 5.37. The number of anilines is 1. The number of hydrogen-bond donors (Lipinski definition) is 1. The topological polar surface area (TPSA) is 104 Å². The van der Waals surface area contributed by atoms with E-state index in [9.17, 15) is 4.79 Å². The van der Waals surface area contributed by atoms with Crippen LogP contribution in [0.15, 0.2) is 52.2 Å². The molecule has 0 aliphatic heterocycles. The van der Waals surface area contributed by atoms with Gasteiger partial charge >= 0.3 is 5.69 Å². The number of unbranched alkanes of at least 4 members (excludes halogenated alkanes) is 2. The van der Waals surface area contributed by atoms with E-state index in [1.807, 2.05) is 31.4 Å². The summed E-state index contributed by atoms with van der Waals surface area (Å²) in [5, 5.41) is 8.04. The number of furan rings is 1. The standard InChI is InChI=1S/C24H25N7O2/c1-4-5-6-9-31-21-18-10-16(17-13-28-30(3)14-17)12-27-23(18)33-22(21)20(29-24(31)32)15-7-8-19(25-2)26-11-15/h7-8,10-14H,4-6,9H2,1-3H3,(H,25,26). The maximum absolute atomic E-state index is 13.2. The predicted octanol–water partition coefficient (Wildman–Crippen LogP) is 4.23. The molecule has 0 spiro atoms. The first-order chi connectivity index (χ1) is 16.1. The summed E-state index contributed by atoms with van der Waals surface area (Å²) in [7, 11) is 3.68. The zero-order chi connectivity index (χ0) is 22.9. The molecule has 0 amide bonds. The van der Waals surface area contributed by atoms with Gasteiger partial charge in [0.25, 0.3) is 0 Å². The molecule has 1 N–H and O–H groups in total. The van der Waals surface area contributed by atoms with Crippen LogP contribution in [-0.4, -0.2) is 36.3 Å². The SMILES string of the molecule is CCCCCn1c(=O)nc(-c2ccc(NC)nc2)c2oc3ncc(-c4cnn(C)c4)cc3c21. The minimum Gasteiger partial charge on any atom is -0.434 e. The number of rotatable bonds is 7. The fourth-order valence-corrected chi connectivity index (χ4v) is 4.03. The third kappa shape index (κ3) is 3.75. The van der Waals surface area contributed by atoms with E-state index in [0.29, 0.717) is 34.6 Å². The summed E-state index contributed by atoms with van der Waals surface area (Å²) in [6.45, 7) is 2.71. The first-order valence-corrected chi connectivity index (χ1v) is 11.1. The van der Waals surface area contributed by atoms with Crippen molar-refractivity contribution in [3.63, 3.8) is 0 Å². The second kappa shape index (κ2) is 8.50. The lowest BCUT2D eigenvalue weighted by molar-refractivity contribution is 0.588. The van der Waals surface area contributed by atoms with Crippen LogP contribution in [0.3, 0.4) is 0 Å². The van der Waals surface area contributed by atoms with Crippen molar-refractivity contribution < 1.29 is 4.42 Å². The second-order valence-corrected chi connectivity index (χ2v) is 8.04. The molecule has 0 aliphatic rings. The van der Waals surface area contributed by atoms with Crippen LogP contribution in [0.25, 0.3) is 44.6 Å². The molecule has 5 aromatic rings. The highest BCUT2D eigenvalue weighted by Gasteiger charge is 2.21. The summed E-state index contributed by atoms with van der Waals surface area (Å²) in [5.41, 5.74) is 4.45. The average molecular weight is 444 g/mol. The van der Waals surface area contributed by atoms with E-state index in [0.717, 1.165) is 41.6 Å². The van der Waals surface area contributed by atoms with Gasteiger partial charge in [-0.25, -0.2) is 14.8 Å². The molecule has 5 aromatic heterocycles. The number of aromatic nitrogens is 6. The monoisotopic (exact) mass is 443 g/mol. The van der Waals surface area contributed by atoms with Gasteiger partial charge in [-0.1, -0.05) is 19.8 Å². The van der Waals surface area contributed by atoms with E-state index in [-0.39, 0.29) is 5.69 Å². The van der Waals surface area contributed by atoms with Crippen molar-refractivity contribution in [1.29, 1.82) is 0 Å². The van der Waals surface area contributed by atoms with Gasteiger partial charge in [0.1, 0.15) is 17.0 Å². The van der Waals surface area contributed by atoms with Crippen LogP contribution in [0.4, 0.5) is 5.82 Å². The van der Waals surface area contributed by atoms with Gasteiger partial charge in [-0.2, -0.15) is 10.1 Å². The normalized spacial score (nSPS) is 11.5. The van der Waals surface area contributed by atoms with Crippen molar-refractivity contribution in [1.82, 2.24) is 29.3 Å². The van der Waals surface area contributed by atoms with Gasteiger partial charge in [-0.3, -0.25) is 9.25 Å². The van der Waals surface area contributed by atoms with E-state index < -0.39 is 0 Å². The summed E-state index contributed by atoms with van der Waals surface area (Å²) in [6, 6.07) is 5.73. The quantitative estimate of drug-likeness (QED) is 0.375. The molecule has 0 aliphatic carbocycles. The molecule has 0 radical (unpaired) electrons. The Balaban J connectivity index is 1.77. The molecular formula is C24H25N7O2. The first kappa shape index (κ1) is 20.9. The first-order valence-electron chi connectivity index (χ1n) is 11.1. The average Bonchev–Trinajstić information content (AvgIpc) is 3.44. The van der Waals surface area contributed by atoms with E-state index in [4.69, 9.17) is 4.42 Å². The van der Waals surface area contributed by atoms with Crippen molar-refractivity contribution in [2.75, 3.05) is 12.4 Å². The number of hydrogen-bond acceptors (Lipinski definition) is 7. The van der Waals surface area contributed by atoms with Crippen molar-refractivity contribution in [2.45, 2.75) is 32.7 Å². The zero-order valence-corrected chi connectivity index (χ0v) is 18.9. The third-order valence-corrected chi connectivity index (χ3v) is 5.76. The molecule has 33 heavy (non-hydrogen) atoms. The summed E-state index contributed by atoms with van der Waals surface area (Å²) >= 11 is 0. The molecule has 9 heteroatoms. The Morgan fingerprint density at radius 3 is 2.61 bits per heavy atom. The Labute approximate surface area is 190 Å². The number of fused-ring (bicyclic) bond motifs is 3. The number of nitrogens with zero attached hydrogens (tertiary/aromatic N) is 6. The molecule has 0 saturated carbocycles. The van der Waals surface area contributed by atoms with Crippen LogP contribution in [0.2, 0.25) is 0 Å². The van der Waals surface area contributed by atoms with Gasteiger partial charge in [-0.05, 0) is 24.6 Å². The lowest BCUT2D eigenvalue weighted by Crippen LogP contribution is -2.24. The number of pyridine rings is 2. The molecule has 5 rings (SSSR count). The van der Waals surface area contributed by atoms with Crippen molar-refractivity contribution in [2.24, 2.45) is 7.05 Å². The fraction of sp³-hybridized carbons (Fsp3) is 0.292. The Morgan fingerprint density at radius 2 is 1.91 bits per heavy atom.